The number of amides is 1. The highest BCUT2D eigenvalue weighted by atomic mass is 16.5. The van der Waals surface area contributed by atoms with Crippen molar-refractivity contribution in [3.05, 3.63) is 29.8 Å². The van der Waals surface area contributed by atoms with Gasteiger partial charge in [0.1, 0.15) is 5.75 Å². The van der Waals surface area contributed by atoms with Gasteiger partial charge in [0.25, 0.3) is 0 Å². The zero-order chi connectivity index (χ0) is 17.3. The molecule has 2 N–H and O–H groups in total. The van der Waals surface area contributed by atoms with Crippen LogP contribution in [0.5, 0.6) is 5.75 Å². The fourth-order valence-electron chi connectivity index (χ4n) is 2.18. The van der Waals surface area contributed by atoms with Crippen molar-refractivity contribution in [1.29, 1.82) is 0 Å². The molecule has 0 heterocycles. The lowest BCUT2D eigenvalue weighted by molar-refractivity contribution is -0.122. The van der Waals surface area contributed by atoms with Crippen LogP contribution in [0.3, 0.4) is 0 Å². The van der Waals surface area contributed by atoms with Crippen molar-refractivity contribution in [1.82, 2.24) is 15.5 Å². The largest absolute Gasteiger partial charge is 0.497 e. The average Bonchev–Trinajstić information content (AvgIpc) is 2.46. The molecule has 0 unspecified atom stereocenters. The maximum atomic E-state index is 11.9. The van der Waals surface area contributed by atoms with Gasteiger partial charge in [-0.05, 0) is 58.5 Å². The Morgan fingerprint density at radius 3 is 2.39 bits per heavy atom. The minimum absolute atomic E-state index is 0.0665. The normalized spacial score (nSPS) is 11.6. The van der Waals surface area contributed by atoms with E-state index in [-0.39, 0.29) is 11.4 Å². The van der Waals surface area contributed by atoms with E-state index in [2.05, 4.69) is 31.4 Å². The highest BCUT2D eigenvalue weighted by Crippen LogP contribution is 2.12. The van der Waals surface area contributed by atoms with Gasteiger partial charge >= 0.3 is 0 Å². The Balaban J connectivity index is 2.20. The summed E-state index contributed by atoms with van der Waals surface area (Å²) in [4.78, 5) is 13.9. The van der Waals surface area contributed by atoms with Crippen LogP contribution in [-0.2, 0) is 11.3 Å². The van der Waals surface area contributed by atoms with E-state index in [4.69, 9.17) is 4.74 Å². The van der Waals surface area contributed by atoms with Gasteiger partial charge in [0.2, 0.25) is 5.91 Å². The number of hydrogen-bond donors (Lipinski definition) is 2. The Morgan fingerprint density at radius 1 is 1.17 bits per heavy atom. The summed E-state index contributed by atoms with van der Waals surface area (Å²) in [6.45, 7) is 9.17. The maximum Gasteiger partial charge on any atom is 0.234 e. The second-order valence-corrected chi connectivity index (χ2v) is 6.90. The number of rotatable bonds is 9. The summed E-state index contributed by atoms with van der Waals surface area (Å²) in [5, 5.41) is 6.37. The Kier molecular flexibility index (Phi) is 8.06. The van der Waals surface area contributed by atoms with Crippen LogP contribution >= 0.6 is 0 Å². The highest BCUT2D eigenvalue weighted by Gasteiger charge is 2.09. The van der Waals surface area contributed by atoms with Crippen molar-refractivity contribution in [2.45, 2.75) is 39.3 Å². The van der Waals surface area contributed by atoms with Crippen LogP contribution in [0.2, 0.25) is 0 Å². The first-order chi connectivity index (χ1) is 10.8. The van der Waals surface area contributed by atoms with Gasteiger partial charge in [-0.2, -0.15) is 0 Å². The molecule has 5 heteroatoms. The van der Waals surface area contributed by atoms with Gasteiger partial charge in [-0.3, -0.25) is 9.69 Å². The first kappa shape index (κ1) is 19.5. The van der Waals surface area contributed by atoms with Crippen molar-refractivity contribution in [3.8, 4) is 5.75 Å². The van der Waals surface area contributed by atoms with Crippen LogP contribution in [0.4, 0.5) is 0 Å². The molecule has 23 heavy (non-hydrogen) atoms. The molecule has 0 aliphatic carbocycles. The molecule has 1 aromatic rings. The van der Waals surface area contributed by atoms with Crippen LogP contribution in [0, 0.1) is 0 Å². The Labute approximate surface area is 140 Å². The molecule has 1 amide bonds. The SMILES string of the molecule is COc1ccc(CN(C)CC(=O)NCCCNC(C)(C)C)cc1. The van der Waals surface area contributed by atoms with Crippen LogP contribution < -0.4 is 15.4 Å². The summed E-state index contributed by atoms with van der Waals surface area (Å²) in [6.07, 6.45) is 0.936. The molecule has 1 aromatic carbocycles. The molecule has 0 spiro atoms. The van der Waals surface area contributed by atoms with Crippen LogP contribution in [-0.4, -0.2) is 50.1 Å². The zero-order valence-corrected chi connectivity index (χ0v) is 15.1. The molecule has 0 aliphatic rings. The standard InChI is InChI=1S/C18H31N3O2/c1-18(2,3)20-12-6-11-19-17(22)14-21(4)13-15-7-9-16(23-5)10-8-15/h7-10,20H,6,11-14H2,1-5H3,(H,19,22). The van der Waals surface area contributed by atoms with E-state index in [1.807, 2.05) is 36.2 Å². The third-order valence-electron chi connectivity index (χ3n) is 3.36. The second-order valence-electron chi connectivity index (χ2n) is 6.90. The first-order valence-corrected chi connectivity index (χ1v) is 8.13. The summed E-state index contributed by atoms with van der Waals surface area (Å²) < 4.78 is 5.14. The molecule has 0 saturated carbocycles. The predicted molar refractivity (Wildman–Crippen MR) is 94.7 cm³/mol. The summed E-state index contributed by atoms with van der Waals surface area (Å²) in [7, 11) is 3.60. The van der Waals surface area contributed by atoms with Gasteiger partial charge in [0.05, 0.1) is 13.7 Å². The minimum atomic E-state index is 0.0665. The van der Waals surface area contributed by atoms with Crippen molar-refractivity contribution in [2.75, 3.05) is 33.8 Å². The lowest BCUT2D eigenvalue weighted by Gasteiger charge is -2.20. The molecule has 130 valence electrons. The van der Waals surface area contributed by atoms with E-state index >= 15 is 0 Å². The van der Waals surface area contributed by atoms with E-state index in [1.54, 1.807) is 7.11 Å². The molecule has 1 rings (SSSR count). The monoisotopic (exact) mass is 321 g/mol. The van der Waals surface area contributed by atoms with Gasteiger partial charge < -0.3 is 15.4 Å². The summed E-state index contributed by atoms with van der Waals surface area (Å²) >= 11 is 0. The summed E-state index contributed by atoms with van der Waals surface area (Å²) in [5.74, 6) is 0.912. The molecule has 0 atom stereocenters. The van der Waals surface area contributed by atoms with Crippen molar-refractivity contribution >= 4 is 5.91 Å². The smallest absolute Gasteiger partial charge is 0.234 e. The number of ether oxygens (including phenoxy) is 1. The molecule has 0 bridgehead atoms. The van der Waals surface area contributed by atoms with Gasteiger partial charge in [-0.1, -0.05) is 12.1 Å². The lowest BCUT2D eigenvalue weighted by Crippen LogP contribution is -2.39. The lowest BCUT2D eigenvalue weighted by atomic mass is 10.1. The number of methoxy groups -OCH3 is 1. The number of likely N-dealkylation sites (N-methyl/N-ethyl adjacent to an activating group) is 1. The molecule has 0 fully saturated rings. The fourth-order valence-corrected chi connectivity index (χ4v) is 2.18. The molecular formula is C18H31N3O2. The van der Waals surface area contributed by atoms with Crippen molar-refractivity contribution < 1.29 is 9.53 Å². The van der Waals surface area contributed by atoms with Gasteiger partial charge in [-0.15, -0.1) is 0 Å². The Hall–Kier alpha value is -1.59. The number of nitrogens with one attached hydrogen (secondary N) is 2. The molecule has 5 nitrogen and oxygen atoms in total. The van der Waals surface area contributed by atoms with Gasteiger partial charge in [-0.25, -0.2) is 0 Å². The predicted octanol–water partition coefficient (Wildman–Crippen LogP) is 2.02. The molecule has 0 radical (unpaired) electrons. The Morgan fingerprint density at radius 2 is 1.83 bits per heavy atom. The minimum Gasteiger partial charge on any atom is -0.497 e. The average molecular weight is 321 g/mol. The second kappa shape index (κ2) is 9.53. The topological polar surface area (TPSA) is 53.6 Å². The van der Waals surface area contributed by atoms with Crippen molar-refractivity contribution in [2.24, 2.45) is 0 Å². The third kappa shape index (κ3) is 9.21. The van der Waals surface area contributed by atoms with E-state index in [0.717, 1.165) is 30.8 Å². The highest BCUT2D eigenvalue weighted by molar-refractivity contribution is 5.77. The molecular weight excluding hydrogens is 290 g/mol. The number of nitrogens with zero attached hydrogens (tertiary/aromatic N) is 1. The van der Waals surface area contributed by atoms with E-state index in [0.29, 0.717) is 13.1 Å². The van der Waals surface area contributed by atoms with Crippen LogP contribution in [0.15, 0.2) is 24.3 Å². The van der Waals surface area contributed by atoms with E-state index < -0.39 is 0 Å². The van der Waals surface area contributed by atoms with Crippen LogP contribution in [0.25, 0.3) is 0 Å². The molecule has 0 saturated heterocycles. The third-order valence-corrected chi connectivity index (χ3v) is 3.36. The molecule has 0 aliphatic heterocycles. The fraction of sp³-hybridized carbons (Fsp3) is 0.611. The number of carbonyl (C=O) groups is 1. The van der Waals surface area contributed by atoms with E-state index in [9.17, 15) is 4.79 Å². The summed E-state index contributed by atoms with van der Waals surface area (Å²) in [6, 6.07) is 7.91. The number of hydrogen-bond acceptors (Lipinski definition) is 4. The van der Waals surface area contributed by atoms with E-state index in [1.165, 1.54) is 0 Å². The maximum absolute atomic E-state index is 11.9. The number of carbonyl (C=O) groups excluding carboxylic acids is 1. The quantitative estimate of drug-likeness (QED) is 0.683. The summed E-state index contributed by atoms with van der Waals surface area (Å²) in [5.41, 5.74) is 1.29. The zero-order valence-electron chi connectivity index (χ0n) is 15.1. The first-order valence-electron chi connectivity index (χ1n) is 8.13. The van der Waals surface area contributed by atoms with Gasteiger partial charge in [0.15, 0.2) is 0 Å². The number of benzene rings is 1. The van der Waals surface area contributed by atoms with Crippen molar-refractivity contribution in [3.63, 3.8) is 0 Å². The van der Waals surface area contributed by atoms with Gasteiger partial charge in [0, 0.05) is 18.6 Å². The molecule has 0 aromatic heterocycles. The Bertz CT molecular complexity index is 466. The van der Waals surface area contributed by atoms with Crippen LogP contribution in [0.1, 0.15) is 32.8 Å².